The summed E-state index contributed by atoms with van der Waals surface area (Å²) in [6.07, 6.45) is 1.06. The second kappa shape index (κ2) is 9.93. The molecule has 1 amide bonds. The van der Waals surface area contributed by atoms with Crippen molar-refractivity contribution in [3.05, 3.63) is 22.7 Å². The first-order valence-corrected chi connectivity index (χ1v) is 8.09. The Balaban J connectivity index is 0.00000288. The van der Waals surface area contributed by atoms with Crippen molar-refractivity contribution < 1.29 is 19.0 Å². The van der Waals surface area contributed by atoms with Gasteiger partial charge in [-0.25, -0.2) is 0 Å². The fourth-order valence-corrected chi connectivity index (χ4v) is 2.82. The van der Waals surface area contributed by atoms with Crippen LogP contribution in [0, 0.1) is 0 Å². The third kappa shape index (κ3) is 5.14. The quantitative estimate of drug-likeness (QED) is 0.760. The average molecular weight is 379 g/mol. The number of methoxy groups -OCH3 is 1. The van der Waals surface area contributed by atoms with Crippen molar-refractivity contribution in [3.8, 4) is 11.5 Å². The predicted molar refractivity (Wildman–Crippen MR) is 95.2 cm³/mol. The number of nitrogens with one attached hydrogen (secondary N) is 1. The van der Waals surface area contributed by atoms with Crippen LogP contribution in [-0.4, -0.2) is 38.4 Å². The molecule has 136 valence electrons. The first-order valence-electron chi connectivity index (χ1n) is 7.71. The SMILES string of the molecule is CCOc1c(Cl)cc(CNC(=O)[C@@H]2CC[C@H](CN)O2)cc1OC.Cl. The molecule has 0 bridgehead atoms. The van der Waals surface area contributed by atoms with E-state index in [1.165, 1.54) is 0 Å². The Bertz CT molecular complexity index is 557. The summed E-state index contributed by atoms with van der Waals surface area (Å²) < 4.78 is 16.3. The number of hydrogen-bond donors (Lipinski definition) is 2. The van der Waals surface area contributed by atoms with Crippen LogP contribution in [0.2, 0.25) is 5.02 Å². The zero-order valence-corrected chi connectivity index (χ0v) is 15.4. The highest BCUT2D eigenvalue weighted by Gasteiger charge is 2.29. The Morgan fingerprint density at radius 3 is 2.79 bits per heavy atom. The normalized spacial score (nSPS) is 19.5. The molecule has 24 heavy (non-hydrogen) atoms. The zero-order valence-electron chi connectivity index (χ0n) is 13.8. The second-order valence-electron chi connectivity index (χ2n) is 5.32. The van der Waals surface area contributed by atoms with Gasteiger partial charge in [0.15, 0.2) is 11.5 Å². The third-order valence-corrected chi connectivity index (χ3v) is 3.99. The molecular weight excluding hydrogens is 355 g/mol. The molecule has 2 rings (SSSR count). The Morgan fingerprint density at radius 2 is 2.21 bits per heavy atom. The average Bonchev–Trinajstić information content (AvgIpc) is 3.04. The second-order valence-corrected chi connectivity index (χ2v) is 5.73. The molecule has 0 unspecified atom stereocenters. The molecule has 6 nitrogen and oxygen atoms in total. The van der Waals surface area contributed by atoms with Crippen LogP contribution in [0.15, 0.2) is 12.1 Å². The molecule has 0 saturated carbocycles. The maximum Gasteiger partial charge on any atom is 0.249 e. The molecule has 1 heterocycles. The molecule has 0 aromatic heterocycles. The summed E-state index contributed by atoms with van der Waals surface area (Å²) in [4.78, 5) is 12.1. The molecule has 8 heteroatoms. The molecule has 2 atom stereocenters. The predicted octanol–water partition coefficient (Wildman–Crippen LogP) is 2.29. The largest absolute Gasteiger partial charge is 0.493 e. The summed E-state index contributed by atoms with van der Waals surface area (Å²) >= 11 is 6.22. The lowest BCUT2D eigenvalue weighted by Gasteiger charge is -2.15. The number of nitrogens with two attached hydrogens (primary N) is 1. The van der Waals surface area contributed by atoms with E-state index >= 15 is 0 Å². The van der Waals surface area contributed by atoms with Gasteiger partial charge in [-0.05, 0) is 37.5 Å². The standard InChI is InChI=1S/C16H23ClN2O4.ClH/c1-3-22-15-12(17)6-10(7-14(15)21-2)9-19-16(20)13-5-4-11(8-18)23-13;/h6-7,11,13H,3-5,8-9,18H2,1-2H3,(H,19,20);1H/t11-,13+;/m1./s1. The van der Waals surface area contributed by atoms with Crippen LogP contribution >= 0.6 is 24.0 Å². The maximum atomic E-state index is 12.1. The number of hydrogen-bond acceptors (Lipinski definition) is 5. The Hall–Kier alpha value is -1.21. The van der Waals surface area contributed by atoms with E-state index in [-0.39, 0.29) is 24.4 Å². The van der Waals surface area contributed by atoms with E-state index < -0.39 is 6.10 Å². The number of ether oxygens (including phenoxy) is 3. The molecule has 0 spiro atoms. The molecule has 1 aromatic carbocycles. The van der Waals surface area contributed by atoms with Gasteiger partial charge in [0, 0.05) is 13.1 Å². The Kier molecular flexibility index (Phi) is 8.62. The van der Waals surface area contributed by atoms with E-state index in [0.29, 0.717) is 42.6 Å². The molecule has 1 aromatic rings. The highest BCUT2D eigenvalue weighted by Crippen LogP contribution is 2.36. The lowest BCUT2D eigenvalue weighted by atomic mass is 10.1. The van der Waals surface area contributed by atoms with Crippen molar-refractivity contribution in [2.45, 2.75) is 38.5 Å². The summed E-state index contributed by atoms with van der Waals surface area (Å²) in [5, 5.41) is 3.31. The van der Waals surface area contributed by atoms with Crippen LogP contribution in [0.4, 0.5) is 0 Å². The third-order valence-electron chi connectivity index (χ3n) is 3.71. The fourth-order valence-electron chi connectivity index (χ4n) is 2.53. The van der Waals surface area contributed by atoms with Gasteiger partial charge in [-0.15, -0.1) is 12.4 Å². The molecule has 1 aliphatic rings. The summed E-state index contributed by atoms with van der Waals surface area (Å²) in [7, 11) is 1.55. The number of rotatable bonds is 7. The minimum atomic E-state index is -0.427. The molecule has 1 aliphatic heterocycles. The van der Waals surface area contributed by atoms with Crippen molar-refractivity contribution in [1.29, 1.82) is 0 Å². The van der Waals surface area contributed by atoms with Gasteiger partial charge in [-0.2, -0.15) is 0 Å². The van der Waals surface area contributed by atoms with E-state index in [1.54, 1.807) is 19.2 Å². The first-order chi connectivity index (χ1) is 11.1. The van der Waals surface area contributed by atoms with Crippen molar-refractivity contribution in [2.75, 3.05) is 20.3 Å². The van der Waals surface area contributed by atoms with Gasteiger partial charge in [0.2, 0.25) is 5.91 Å². The van der Waals surface area contributed by atoms with Crippen molar-refractivity contribution >= 4 is 29.9 Å². The summed E-state index contributed by atoms with van der Waals surface area (Å²) in [5.74, 6) is 0.922. The van der Waals surface area contributed by atoms with E-state index in [1.807, 2.05) is 6.92 Å². The molecule has 0 radical (unpaired) electrons. The highest BCUT2D eigenvalue weighted by molar-refractivity contribution is 6.32. The van der Waals surface area contributed by atoms with Crippen LogP contribution in [0.1, 0.15) is 25.3 Å². The topological polar surface area (TPSA) is 82.8 Å². The minimum absolute atomic E-state index is 0. The van der Waals surface area contributed by atoms with Gasteiger partial charge in [-0.1, -0.05) is 11.6 Å². The van der Waals surface area contributed by atoms with Gasteiger partial charge in [0.1, 0.15) is 6.10 Å². The van der Waals surface area contributed by atoms with Gasteiger partial charge in [0.25, 0.3) is 0 Å². The van der Waals surface area contributed by atoms with Crippen molar-refractivity contribution in [2.24, 2.45) is 5.73 Å². The highest BCUT2D eigenvalue weighted by atomic mass is 35.5. The molecule has 1 saturated heterocycles. The van der Waals surface area contributed by atoms with Crippen LogP contribution < -0.4 is 20.5 Å². The Morgan fingerprint density at radius 1 is 1.46 bits per heavy atom. The monoisotopic (exact) mass is 378 g/mol. The molecule has 3 N–H and O–H groups in total. The number of benzene rings is 1. The van der Waals surface area contributed by atoms with Gasteiger partial charge >= 0.3 is 0 Å². The lowest BCUT2D eigenvalue weighted by molar-refractivity contribution is -0.132. The van der Waals surface area contributed by atoms with Gasteiger partial charge in [0.05, 0.1) is 24.8 Å². The number of carbonyl (C=O) groups excluding carboxylic acids is 1. The number of halogens is 2. The number of amides is 1. The van der Waals surface area contributed by atoms with E-state index in [0.717, 1.165) is 12.0 Å². The maximum absolute atomic E-state index is 12.1. The van der Waals surface area contributed by atoms with E-state index in [4.69, 9.17) is 31.5 Å². The van der Waals surface area contributed by atoms with E-state index in [2.05, 4.69) is 5.32 Å². The van der Waals surface area contributed by atoms with Gasteiger partial charge < -0.3 is 25.3 Å². The molecular formula is C16H24Cl2N2O4. The van der Waals surface area contributed by atoms with Crippen LogP contribution in [-0.2, 0) is 16.1 Å². The smallest absolute Gasteiger partial charge is 0.249 e. The lowest BCUT2D eigenvalue weighted by Crippen LogP contribution is -2.35. The number of carbonyl (C=O) groups is 1. The van der Waals surface area contributed by atoms with Crippen LogP contribution in [0.3, 0.4) is 0 Å². The van der Waals surface area contributed by atoms with Crippen LogP contribution in [0.25, 0.3) is 0 Å². The van der Waals surface area contributed by atoms with Crippen molar-refractivity contribution in [3.63, 3.8) is 0 Å². The zero-order chi connectivity index (χ0) is 16.8. The summed E-state index contributed by atoms with van der Waals surface area (Å²) in [6, 6.07) is 3.56. The summed E-state index contributed by atoms with van der Waals surface area (Å²) in [6.45, 7) is 3.15. The van der Waals surface area contributed by atoms with Crippen molar-refractivity contribution in [1.82, 2.24) is 5.32 Å². The minimum Gasteiger partial charge on any atom is -0.493 e. The van der Waals surface area contributed by atoms with E-state index in [9.17, 15) is 4.79 Å². The fraction of sp³-hybridized carbons (Fsp3) is 0.562. The van der Waals surface area contributed by atoms with Gasteiger partial charge in [-0.3, -0.25) is 4.79 Å². The molecule has 0 aliphatic carbocycles. The first kappa shape index (κ1) is 20.8. The Labute approximate surface area is 153 Å². The van der Waals surface area contributed by atoms with Crippen LogP contribution in [0.5, 0.6) is 11.5 Å². The molecule has 1 fully saturated rings. The summed E-state index contributed by atoms with van der Waals surface area (Å²) in [5.41, 5.74) is 6.38.